The van der Waals surface area contributed by atoms with Gasteiger partial charge >= 0.3 is 0 Å². The lowest BCUT2D eigenvalue weighted by molar-refractivity contribution is -0.131. The summed E-state index contributed by atoms with van der Waals surface area (Å²) >= 11 is 0. The molecule has 2 rings (SSSR count). The van der Waals surface area contributed by atoms with Gasteiger partial charge in [-0.05, 0) is 38.3 Å². The standard InChI is InChI=1S/C16H28N4O/c1-14(17-8-7-15-12-18-19(2)13-15)11-16(21)20-9-5-3-4-6-10-20/h12-14,17H,3-11H2,1-2H3/t14-/m0/s1. The van der Waals surface area contributed by atoms with Gasteiger partial charge in [0.1, 0.15) is 0 Å². The zero-order chi connectivity index (χ0) is 15.1. The van der Waals surface area contributed by atoms with Gasteiger partial charge in [-0.1, -0.05) is 12.8 Å². The van der Waals surface area contributed by atoms with Crippen LogP contribution in [0.1, 0.15) is 44.6 Å². The molecule has 1 aromatic rings. The molecule has 1 N–H and O–H groups in total. The number of aryl methyl sites for hydroxylation is 1. The van der Waals surface area contributed by atoms with Crippen LogP contribution in [0.15, 0.2) is 12.4 Å². The fourth-order valence-electron chi connectivity index (χ4n) is 2.85. The number of hydrogen-bond acceptors (Lipinski definition) is 3. The van der Waals surface area contributed by atoms with Gasteiger partial charge < -0.3 is 10.2 Å². The second-order valence-corrected chi connectivity index (χ2v) is 6.13. The minimum Gasteiger partial charge on any atom is -0.343 e. The summed E-state index contributed by atoms with van der Waals surface area (Å²) in [6.07, 6.45) is 10.3. The molecular weight excluding hydrogens is 264 g/mol. The average molecular weight is 292 g/mol. The Labute approximate surface area is 127 Å². The molecule has 1 aliphatic heterocycles. The van der Waals surface area contributed by atoms with Crippen LogP contribution in [0.5, 0.6) is 0 Å². The molecular formula is C16H28N4O. The van der Waals surface area contributed by atoms with Crippen molar-refractivity contribution in [1.82, 2.24) is 20.0 Å². The van der Waals surface area contributed by atoms with Crippen molar-refractivity contribution in [2.45, 2.75) is 51.5 Å². The fraction of sp³-hybridized carbons (Fsp3) is 0.750. The van der Waals surface area contributed by atoms with Gasteiger partial charge in [-0.3, -0.25) is 9.48 Å². The molecule has 0 spiro atoms. The second kappa shape index (κ2) is 8.17. The third kappa shape index (κ3) is 5.50. The van der Waals surface area contributed by atoms with Crippen LogP contribution in [-0.4, -0.2) is 46.3 Å². The van der Waals surface area contributed by atoms with Gasteiger partial charge in [0, 0.05) is 38.8 Å². The average Bonchev–Trinajstić information content (AvgIpc) is 2.71. The zero-order valence-corrected chi connectivity index (χ0v) is 13.3. The summed E-state index contributed by atoms with van der Waals surface area (Å²) < 4.78 is 1.82. The van der Waals surface area contributed by atoms with Crippen molar-refractivity contribution in [3.63, 3.8) is 0 Å². The molecule has 1 saturated heterocycles. The van der Waals surface area contributed by atoms with Crippen LogP contribution in [-0.2, 0) is 18.3 Å². The van der Waals surface area contributed by atoms with Crippen LogP contribution in [0, 0.1) is 0 Å². The van der Waals surface area contributed by atoms with Gasteiger partial charge in [-0.25, -0.2) is 0 Å². The molecule has 5 nitrogen and oxygen atoms in total. The quantitative estimate of drug-likeness (QED) is 0.869. The molecule has 0 bridgehead atoms. The fourth-order valence-corrected chi connectivity index (χ4v) is 2.85. The summed E-state index contributed by atoms with van der Waals surface area (Å²) in [6.45, 7) is 4.88. The van der Waals surface area contributed by atoms with Crippen molar-refractivity contribution in [2.75, 3.05) is 19.6 Å². The molecule has 1 fully saturated rings. The lowest BCUT2D eigenvalue weighted by Gasteiger charge is -2.22. The Bertz CT molecular complexity index is 435. The number of nitrogens with one attached hydrogen (secondary N) is 1. The zero-order valence-electron chi connectivity index (χ0n) is 13.3. The maximum absolute atomic E-state index is 12.3. The smallest absolute Gasteiger partial charge is 0.224 e. The summed E-state index contributed by atoms with van der Waals surface area (Å²) in [6, 6.07) is 0.234. The molecule has 0 radical (unpaired) electrons. The lowest BCUT2D eigenvalue weighted by Crippen LogP contribution is -2.38. The number of nitrogens with zero attached hydrogens (tertiary/aromatic N) is 3. The van der Waals surface area contributed by atoms with E-state index in [9.17, 15) is 4.79 Å². The summed E-state index contributed by atoms with van der Waals surface area (Å²) in [5, 5.41) is 7.60. The molecule has 0 aliphatic carbocycles. The Kier molecular flexibility index (Phi) is 6.23. The molecule has 0 aromatic carbocycles. The van der Waals surface area contributed by atoms with E-state index in [1.54, 1.807) is 0 Å². The minimum atomic E-state index is 0.234. The van der Waals surface area contributed by atoms with E-state index in [1.807, 2.05) is 29.0 Å². The Balaban J connectivity index is 1.66. The number of aromatic nitrogens is 2. The summed E-state index contributed by atoms with van der Waals surface area (Å²) in [5.74, 6) is 0.304. The third-order valence-corrected chi connectivity index (χ3v) is 4.10. The number of hydrogen-bond donors (Lipinski definition) is 1. The summed E-state index contributed by atoms with van der Waals surface area (Å²) in [7, 11) is 1.93. The molecule has 0 unspecified atom stereocenters. The number of amides is 1. The van der Waals surface area contributed by atoms with Crippen molar-refractivity contribution in [3.8, 4) is 0 Å². The molecule has 2 heterocycles. The van der Waals surface area contributed by atoms with Crippen molar-refractivity contribution >= 4 is 5.91 Å². The summed E-state index contributed by atoms with van der Waals surface area (Å²) in [5.41, 5.74) is 1.23. The second-order valence-electron chi connectivity index (χ2n) is 6.13. The first-order valence-corrected chi connectivity index (χ1v) is 8.14. The highest BCUT2D eigenvalue weighted by atomic mass is 16.2. The summed E-state index contributed by atoms with van der Waals surface area (Å²) in [4.78, 5) is 14.3. The van der Waals surface area contributed by atoms with Crippen LogP contribution in [0.4, 0.5) is 0 Å². The lowest BCUT2D eigenvalue weighted by atomic mass is 10.2. The van der Waals surface area contributed by atoms with E-state index in [0.717, 1.165) is 38.9 Å². The van der Waals surface area contributed by atoms with Crippen molar-refractivity contribution in [2.24, 2.45) is 7.05 Å². The highest BCUT2D eigenvalue weighted by molar-refractivity contribution is 5.76. The molecule has 1 atom stereocenters. The van der Waals surface area contributed by atoms with Crippen LogP contribution in [0.3, 0.4) is 0 Å². The molecule has 1 amide bonds. The first-order chi connectivity index (χ1) is 10.1. The normalized spacial score (nSPS) is 17.5. The van der Waals surface area contributed by atoms with Crippen molar-refractivity contribution in [1.29, 1.82) is 0 Å². The van der Waals surface area contributed by atoms with Gasteiger partial charge in [0.25, 0.3) is 0 Å². The van der Waals surface area contributed by atoms with Crippen LogP contribution in [0.25, 0.3) is 0 Å². The molecule has 118 valence electrons. The van der Waals surface area contributed by atoms with Gasteiger partial charge in [-0.2, -0.15) is 5.10 Å². The van der Waals surface area contributed by atoms with E-state index >= 15 is 0 Å². The SMILES string of the molecule is C[C@@H](CC(=O)N1CCCCCC1)NCCc1cnn(C)c1. The van der Waals surface area contributed by atoms with Crippen molar-refractivity contribution < 1.29 is 4.79 Å². The maximum atomic E-state index is 12.3. The molecule has 1 aromatic heterocycles. The van der Waals surface area contributed by atoms with E-state index in [-0.39, 0.29) is 6.04 Å². The van der Waals surface area contributed by atoms with E-state index in [0.29, 0.717) is 12.3 Å². The largest absolute Gasteiger partial charge is 0.343 e. The predicted molar refractivity (Wildman–Crippen MR) is 84.0 cm³/mol. The Morgan fingerprint density at radius 3 is 2.67 bits per heavy atom. The number of rotatable bonds is 6. The third-order valence-electron chi connectivity index (χ3n) is 4.10. The first kappa shape index (κ1) is 16.0. The minimum absolute atomic E-state index is 0.234. The monoisotopic (exact) mass is 292 g/mol. The topological polar surface area (TPSA) is 50.2 Å². The van der Waals surface area contributed by atoms with Crippen LogP contribution in [0.2, 0.25) is 0 Å². The Hall–Kier alpha value is -1.36. The molecule has 1 aliphatic rings. The number of carbonyl (C=O) groups excluding carboxylic acids is 1. The Morgan fingerprint density at radius 2 is 2.05 bits per heavy atom. The van der Waals surface area contributed by atoms with Crippen LogP contribution >= 0.6 is 0 Å². The molecule has 21 heavy (non-hydrogen) atoms. The van der Waals surface area contributed by atoms with E-state index in [1.165, 1.54) is 18.4 Å². The Morgan fingerprint density at radius 1 is 1.33 bits per heavy atom. The van der Waals surface area contributed by atoms with Crippen molar-refractivity contribution in [3.05, 3.63) is 18.0 Å². The number of carbonyl (C=O) groups is 1. The molecule has 0 saturated carbocycles. The highest BCUT2D eigenvalue weighted by Gasteiger charge is 2.17. The van der Waals surface area contributed by atoms with E-state index in [4.69, 9.17) is 0 Å². The predicted octanol–water partition coefficient (Wildman–Crippen LogP) is 1.73. The van der Waals surface area contributed by atoms with E-state index in [2.05, 4.69) is 17.3 Å². The maximum Gasteiger partial charge on any atom is 0.224 e. The van der Waals surface area contributed by atoms with Gasteiger partial charge in [0.05, 0.1) is 6.20 Å². The molecule has 5 heteroatoms. The van der Waals surface area contributed by atoms with Gasteiger partial charge in [-0.15, -0.1) is 0 Å². The number of likely N-dealkylation sites (tertiary alicyclic amines) is 1. The van der Waals surface area contributed by atoms with Gasteiger partial charge in [0.2, 0.25) is 5.91 Å². The van der Waals surface area contributed by atoms with E-state index < -0.39 is 0 Å². The first-order valence-electron chi connectivity index (χ1n) is 8.14. The highest BCUT2D eigenvalue weighted by Crippen LogP contribution is 2.11. The van der Waals surface area contributed by atoms with Gasteiger partial charge in [0.15, 0.2) is 0 Å². The van der Waals surface area contributed by atoms with Crippen LogP contribution < -0.4 is 5.32 Å².